The van der Waals surface area contributed by atoms with E-state index in [0.29, 0.717) is 26.1 Å². The van der Waals surface area contributed by atoms with E-state index < -0.39 is 0 Å². The lowest BCUT2D eigenvalue weighted by atomic mass is 9.93. The number of aromatic hydroxyl groups is 1. The quantitative estimate of drug-likeness (QED) is 0.823. The zero-order valence-electron chi connectivity index (χ0n) is 12.0. The molecule has 4 nitrogen and oxygen atoms in total. The van der Waals surface area contributed by atoms with Crippen molar-refractivity contribution in [3.05, 3.63) is 29.8 Å². The van der Waals surface area contributed by atoms with Crippen molar-refractivity contribution >= 4 is 5.91 Å². The zero-order chi connectivity index (χ0) is 14.5. The lowest BCUT2D eigenvalue weighted by molar-refractivity contribution is -0.131. The van der Waals surface area contributed by atoms with Gasteiger partial charge >= 0.3 is 0 Å². The maximum absolute atomic E-state index is 12.2. The van der Waals surface area contributed by atoms with Crippen LogP contribution in [0.3, 0.4) is 0 Å². The predicted molar refractivity (Wildman–Crippen MR) is 76.9 cm³/mol. The van der Waals surface area contributed by atoms with Crippen LogP contribution >= 0.6 is 0 Å². The Balaban J connectivity index is 2.66. The van der Waals surface area contributed by atoms with E-state index in [9.17, 15) is 9.90 Å². The molecule has 0 aliphatic carbocycles. The molecule has 0 aliphatic rings. The molecule has 4 heteroatoms. The monoisotopic (exact) mass is 264 g/mol. The van der Waals surface area contributed by atoms with Crippen LogP contribution in [-0.2, 0) is 11.2 Å². The molecule has 19 heavy (non-hydrogen) atoms. The first kappa shape index (κ1) is 15.5. The van der Waals surface area contributed by atoms with Crippen LogP contribution < -0.4 is 5.73 Å². The molecular weight excluding hydrogens is 240 g/mol. The fourth-order valence-electron chi connectivity index (χ4n) is 1.86. The van der Waals surface area contributed by atoms with E-state index >= 15 is 0 Å². The van der Waals surface area contributed by atoms with E-state index in [1.807, 2.05) is 11.8 Å². The first-order chi connectivity index (χ1) is 8.88. The third kappa shape index (κ3) is 4.91. The summed E-state index contributed by atoms with van der Waals surface area (Å²) in [4.78, 5) is 14.1. The first-order valence-electron chi connectivity index (χ1n) is 6.63. The highest BCUT2D eigenvalue weighted by molar-refractivity contribution is 5.78. The van der Waals surface area contributed by atoms with Crippen LogP contribution in [0, 0.1) is 5.41 Å². The van der Waals surface area contributed by atoms with Crippen molar-refractivity contribution in [1.82, 2.24) is 4.90 Å². The van der Waals surface area contributed by atoms with Gasteiger partial charge in [-0.2, -0.15) is 0 Å². The maximum Gasteiger partial charge on any atom is 0.226 e. The summed E-state index contributed by atoms with van der Waals surface area (Å²) in [6.07, 6.45) is 0.356. The second-order valence-corrected chi connectivity index (χ2v) is 5.62. The van der Waals surface area contributed by atoms with Gasteiger partial charge in [-0.25, -0.2) is 0 Å². The second kappa shape index (κ2) is 6.57. The summed E-state index contributed by atoms with van der Waals surface area (Å²) in [5.74, 6) is 0.308. The van der Waals surface area contributed by atoms with E-state index in [-0.39, 0.29) is 17.1 Å². The van der Waals surface area contributed by atoms with Gasteiger partial charge in [-0.15, -0.1) is 0 Å². The van der Waals surface area contributed by atoms with E-state index in [0.717, 1.165) is 5.56 Å². The summed E-state index contributed by atoms with van der Waals surface area (Å²) in [5.41, 5.74) is 6.55. The molecule has 0 fully saturated rings. The van der Waals surface area contributed by atoms with Crippen LogP contribution in [-0.4, -0.2) is 35.5 Å². The van der Waals surface area contributed by atoms with Crippen LogP contribution in [0.1, 0.15) is 26.3 Å². The molecule has 0 unspecified atom stereocenters. The number of hydrogen-bond donors (Lipinski definition) is 2. The van der Waals surface area contributed by atoms with E-state index in [1.54, 1.807) is 24.3 Å². The molecular formula is C15H24N2O2. The Labute approximate surface area is 115 Å². The molecule has 0 spiro atoms. The minimum Gasteiger partial charge on any atom is -0.508 e. The fraction of sp³-hybridized carbons (Fsp3) is 0.533. The molecule has 1 aromatic carbocycles. The lowest BCUT2D eigenvalue weighted by Gasteiger charge is -2.31. The number of carbonyl (C=O) groups is 1. The molecule has 1 aromatic rings. The first-order valence-corrected chi connectivity index (χ1v) is 6.63. The highest BCUT2D eigenvalue weighted by Crippen LogP contribution is 2.16. The number of nitrogens with zero attached hydrogens (tertiary/aromatic N) is 1. The highest BCUT2D eigenvalue weighted by atomic mass is 16.3. The van der Waals surface area contributed by atoms with Gasteiger partial charge in [0.1, 0.15) is 5.75 Å². The standard InChI is InChI=1S/C15H24N2O2/c1-4-17(11-15(2,3)10-16)14(19)9-12-5-7-13(18)8-6-12/h5-8,18H,4,9-11,16H2,1-3H3. The average Bonchev–Trinajstić information content (AvgIpc) is 2.38. The van der Waals surface area contributed by atoms with Crippen molar-refractivity contribution in [3.63, 3.8) is 0 Å². The smallest absolute Gasteiger partial charge is 0.226 e. The number of carbonyl (C=O) groups excluding carboxylic acids is 1. The average molecular weight is 264 g/mol. The minimum atomic E-state index is -0.0688. The Kier molecular flexibility index (Phi) is 5.36. The minimum absolute atomic E-state index is 0.0688. The molecule has 0 bridgehead atoms. The third-order valence-corrected chi connectivity index (χ3v) is 3.20. The molecule has 1 rings (SSSR count). The van der Waals surface area contributed by atoms with Crippen LogP contribution in [0.2, 0.25) is 0 Å². The van der Waals surface area contributed by atoms with Crippen molar-refractivity contribution < 1.29 is 9.90 Å². The molecule has 0 radical (unpaired) electrons. The largest absolute Gasteiger partial charge is 0.508 e. The number of phenols is 1. The van der Waals surface area contributed by atoms with Crippen LogP contribution in [0.5, 0.6) is 5.75 Å². The number of likely N-dealkylation sites (N-methyl/N-ethyl adjacent to an activating group) is 1. The number of benzene rings is 1. The van der Waals surface area contributed by atoms with Crippen LogP contribution in [0.15, 0.2) is 24.3 Å². The molecule has 0 aliphatic heterocycles. The number of hydrogen-bond acceptors (Lipinski definition) is 3. The number of amides is 1. The van der Waals surface area contributed by atoms with Gasteiger partial charge in [0, 0.05) is 13.1 Å². The summed E-state index contributed by atoms with van der Waals surface area (Å²) >= 11 is 0. The van der Waals surface area contributed by atoms with Gasteiger partial charge in [0.25, 0.3) is 0 Å². The van der Waals surface area contributed by atoms with Gasteiger partial charge in [0.05, 0.1) is 6.42 Å². The van der Waals surface area contributed by atoms with Crippen molar-refractivity contribution in [2.45, 2.75) is 27.2 Å². The van der Waals surface area contributed by atoms with E-state index in [2.05, 4.69) is 13.8 Å². The number of nitrogens with two attached hydrogens (primary N) is 1. The highest BCUT2D eigenvalue weighted by Gasteiger charge is 2.22. The van der Waals surface area contributed by atoms with Crippen LogP contribution in [0.25, 0.3) is 0 Å². The number of phenolic OH excluding ortho intramolecular Hbond substituents is 1. The van der Waals surface area contributed by atoms with Gasteiger partial charge in [-0.05, 0) is 36.6 Å². The maximum atomic E-state index is 12.2. The molecule has 1 amide bonds. The Morgan fingerprint density at radius 1 is 1.32 bits per heavy atom. The SMILES string of the molecule is CCN(CC(C)(C)CN)C(=O)Cc1ccc(O)cc1. The Morgan fingerprint density at radius 2 is 1.89 bits per heavy atom. The molecule has 0 saturated heterocycles. The van der Waals surface area contributed by atoms with Crippen molar-refractivity contribution in [3.8, 4) is 5.75 Å². The van der Waals surface area contributed by atoms with Gasteiger partial charge in [0.2, 0.25) is 5.91 Å². The zero-order valence-corrected chi connectivity index (χ0v) is 12.0. The van der Waals surface area contributed by atoms with Crippen molar-refractivity contribution in [2.75, 3.05) is 19.6 Å². The summed E-state index contributed by atoms with van der Waals surface area (Å²) < 4.78 is 0. The topological polar surface area (TPSA) is 66.6 Å². The lowest BCUT2D eigenvalue weighted by Crippen LogP contribution is -2.42. The molecule has 0 heterocycles. The molecule has 0 saturated carbocycles. The predicted octanol–water partition coefficient (Wildman–Crippen LogP) is 1.77. The summed E-state index contributed by atoms with van der Waals surface area (Å²) in [7, 11) is 0. The van der Waals surface area contributed by atoms with Crippen molar-refractivity contribution in [2.24, 2.45) is 11.1 Å². The summed E-state index contributed by atoms with van der Waals surface area (Å²) in [6.45, 7) is 7.99. The Bertz CT molecular complexity index is 413. The Morgan fingerprint density at radius 3 is 2.37 bits per heavy atom. The van der Waals surface area contributed by atoms with E-state index in [4.69, 9.17) is 5.73 Å². The second-order valence-electron chi connectivity index (χ2n) is 5.62. The van der Waals surface area contributed by atoms with Gasteiger partial charge in [0.15, 0.2) is 0 Å². The Hall–Kier alpha value is -1.55. The van der Waals surface area contributed by atoms with Crippen molar-refractivity contribution in [1.29, 1.82) is 0 Å². The van der Waals surface area contributed by atoms with Gasteiger partial charge in [-0.3, -0.25) is 4.79 Å². The molecule has 0 atom stereocenters. The summed E-state index contributed by atoms with van der Waals surface area (Å²) in [5, 5.41) is 9.22. The molecule has 0 aromatic heterocycles. The molecule has 3 N–H and O–H groups in total. The van der Waals surface area contributed by atoms with Crippen LogP contribution in [0.4, 0.5) is 0 Å². The third-order valence-electron chi connectivity index (χ3n) is 3.20. The molecule has 106 valence electrons. The fourth-order valence-corrected chi connectivity index (χ4v) is 1.86. The van der Waals surface area contributed by atoms with Gasteiger partial charge in [-0.1, -0.05) is 26.0 Å². The van der Waals surface area contributed by atoms with Gasteiger partial charge < -0.3 is 15.7 Å². The van der Waals surface area contributed by atoms with E-state index in [1.165, 1.54) is 0 Å². The number of rotatable bonds is 6. The summed E-state index contributed by atoms with van der Waals surface area (Å²) in [6, 6.07) is 6.75. The normalized spacial score (nSPS) is 11.4.